The predicted molar refractivity (Wildman–Crippen MR) is 57.7 cm³/mol. The first kappa shape index (κ1) is 13.8. The Morgan fingerprint density at radius 3 is 2.47 bits per heavy atom. The van der Waals surface area contributed by atoms with Crippen molar-refractivity contribution in [2.24, 2.45) is 0 Å². The van der Waals surface area contributed by atoms with Gasteiger partial charge in [-0.25, -0.2) is 21.6 Å². The van der Waals surface area contributed by atoms with Crippen molar-refractivity contribution in [2.45, 2.75) is 0 Å². The molecule has 0 bridgehead atoms. The van der Waals surface area contributed by atoms with Crippen LogP contribution >= 0.6 is 0 Å². The summed E-state index contributed by atoms with van der Waals surface area (Å²) in [5.74, 6) is -4.27. The summed E-state index contributed by atoms with van der Waals surface area (Å²) in [6, 6.07) is 0.913. The SMILES string of the molecule is CNCCS(=O)(=O)Nc1cc(F)cc(F)c1F. The van der Waals surface area contributed by atoms with Crippen molar-refractivity contribution in [1.29, 1.82) is 0 Å². The topological polar surface area (TPSA) is 58.2 Å². The molecule has 96 valence electrons. The van der Waals surface area contributed by atoms with Gasteiger partial charge in [0.05, 0.1) is 11.4 Å². The Morgan fingerprint density at radius 1 is 1.24 bits per heavy atom. The molecule has 1 rings (SSSR count). The second-order valence-corrected chi connectivity index (χ2v) is 5.12. The third-order valence-corrected chi connectivity index (χ3v) is 3.15. The molecular weight excluding hydrogens is 257 g/mol. The first-order valence-electron chi connectivity index (χ1n) is 4.65. The molecule has 0 aliphatic rings. The number of hydrogen-bond acceptors (Lipinski definition) is 3. The van der Waals surface area contributed by atoms with Gasteiger partial charge in [0.25, 0.3) is 0 Å². The highest BCUT2D eigenvalue weighted by molar-refractivity contribution is 7.92. The summed E-state index contributed by atoms with van der Waals surface area (Å²) in [4.78, 5) is 0. The number of hydrogen-bond donors (Lipinski definition) is 2. The lowest BCUT2D eigenvalue weighted by Gasteiger charge is -2.09. The van der Waals surface area contributed by atoms with Gasteiger partial charge in [-0.15, -0.1) is 0 Å². The molecule has 0 atom stereocenters. The molecule has 0 saturated heterocycles. The van der Waals surface area contributed by atoms with E-state index in [9.17, 15) is 21.6 Å². The van der Waals surface area contributed by atoms with E-state index in [0.29, 0.717) is 12.1 Å². The maximum Gasteiger partial charge on any atom is 0.234 e. The Hall–Kier alpha value is -1.28. The van der Waals surface area contributed by atoms with Crippen LogP contribution in [0.3, 0.4) is 0 Å². The summed E-state index contributed by atoms with van der Waals surface area (Å²) in [7, 11) is -2.30. The van der Waals surface area contributed by atoms with Crippen LogP contribution in [0.2, 0.25) is 0 Å². The van der Waals surface area contributed by atoms with Crippen LogP contribution in [0.4, 0.5) is 18.9 Å². The maximum atomic E-state index is 13.1. The maximum absolute atomic E-state index is 13.1. The molecular formula is C9H11F3N2O2S. The highest BCUT2D eigenvalue weighted by Crippen LogP contribution is 2.20. The van der Waals surface area contributed by atoms with Gasteiger partial charge in [0.2, 0.25) is 10.0 Å². The van der Waals surface area contributed by atoms with Crippen molar-refractivity contribution in [3.8, 4) is 0 Å². The number of rotatable bonds is 5. The molecule has 4 nitrogen and oxygen atoms in total. The number of nitrogens with one attached hydrogen (secondary N) is 2. The van der Waals surface area contributed by atoms with Gasteiger partial charge < -0.3 is 5.32 Å². The average molecular weight is 268 g/mol. The number of benzene rings is 1. The van der Waals surface area contributed by atoms with E-state index in [1.807, 2.05) is 0 Å². The zero-order chi connectivity index (χ0) is 13.1. The van der Waals surface area contributed by atoms with Gasteiger partial charge in [-0.05, 0) is 7.05 Å². The quantitative estimate of drug-likeness (QED) is 0.785. The molecule has 1 aromatic carbocycles. The van der Waals surface area contributed by atoms with Crippen molar-refractivity contribution in [3.63, 3.8) is 0 Å². The molecule has 1 aromatic rings. The highest BCUT2D eigenvalue weighted by atomic mass is 32.2. The summed E-state index contributed by atoms with van der Waals surface area (Å²) in [5.41, 5.74) is -0.737. The Balaban J connectivity index is 2.95. The molecule has 2 N–H and O–H groups in total. The first-order valence-corrected chi connectivity index (χ1v) is 6.30. The molecule has 0 unspecified atom stereocenters. The number of anilines is 1. The molecule has 8 heteroatoms. The summed E-state index contributed by atoms with van der Waals surface area (Å²) >= 11 is 0. The van der Waals surface area contributed by atoms with Gasteiger partial charge >= 0.3 is 0 Å². The molecule has 0 radical (unpaired) electrons. The molecule has 17 heavy (non-hydrogen) atoms. The monoisotopic (exact) mass is 268 g/mol. The van der Waals surface area contributed by atoms with Gasteiger partial charge in [0.15, 0.2) is 11.6 Å². The standard InChI is InChI=1S/C9H11F3N2O2S/c1-13-2-3-17(15,16)14-8-5-6(10)4-7(11)9(8)12/h4-5,13-14H,2-3H2,1H3. The van der Waals surface area contributed by atoms with Crippen molar-refractivity contribution < 1.29 is 21.6 Å². The lowest BCUT2D eigenvalue weighted by molar-refractivity contribution is 0.498. The zero-order valence-corrected chi connectivity index (χ0v) is 9.74. The van der Waals surface area contributed by atoms with Crippen LogP contribution in [0.25, 0.3) is 0 Å². The van der Waals surface area contributed by atoms with Crippen LogP contribution in [0, 0.1) is 17.5 Å². The van der Waals surface area contributed by atoms with Crippen LogP contribution in [-0.4, -0.2) is 27.8 Å². The lowest BCUT2D eigenvalue weighted by atomic mass is 10.3. The summed E-state index contributed by atoms with van der Waals surface area (Å²) in [6.07, 6.45) is 0. The van der Waals surface area contributed by atoms with Crippen molar-refractivity contribution in [3.05, 3.63) is 29.6 Å². The van der Waals surface area contributed by atoms with Gasteiger partial charge in [-0.2, -0.15) is 0 Å². The molecule has 0 amide bonds. The molecule has 0 saturated carbocycles. The zero-order valence-electron chi connectivity index (χ0n) is 8.93. The van der Waals surface area contributed by atoms with E-state index >= 15 is 0 Å². The third-order valence-electron chi connectivity index (χ3n) is 1.88. The fourth-order valence-electron chi connectivity index (χ4n) is 1.09. The van der Waals surface area contributed by atoms with E-state index in [1.54, 1.807) is 4.72 Å². The van der Waals surface area contributed by atoms with E-state index in [0.717, 1.165) is 0 Å². The average Bonchev–Trinajstić information content (AvgIpc) is 2.22. The second kappa shape index (κ2) is 5.37. The Labute approximate surface area is 96.9 Å². The molecule has 0 aliphatic heterocycles. The largest absolute Gasteiger partial charge is 0.319 e. The summed E-state index contributed by atoms with van der Waals surface area (Å²) in [6.45, 7) is 0.134. The van der Waals surface area contributed by atoms with E-state index in [2.05, 4.69) is 5.32 Å². The molecule has 0 aromatic heterocycles. The minimum Gasteiger partial charge on any atom is -0.319 e. The lowest BCUT2D eigenvalue weighted by Crippen LogP contribution is -2.25. The summed E-state index contributed by atoms with van der Waals surface area (Å²) < 4.78 is 63.3. The van der Waals surface area contributed by atoms with Gasteiger partial charge in [-0.3, -0.25) is 4.72 Å². The highest BCUT2D eigenvalue weighted by Gasteiger charge is 2.16. The van der Waals surface area contributed by atoms with Crippen LogP contribution in [0.1, 0.15) is 0 Å². The van der Waals surface area contributed by atoms with E-state index in [1.165, 1.54) is 7.05 Å². The van der Waals surface area contributed by atoms with Crippen LogP contribution in [0.5, 0.6) is 0 Å². The fraction of sp³-hybridized carbons (Fsp3) is 0.333. The molecule has 0 fully saturated rings. The second-order valence-electron chi connectivity index (χ2n) is 3.27. The minimum atomic E-state index is -3.84. The van der Waals surface area contributed by atoms with Crippen molar-refractivity contribution >= 4 is 15.7 Å². The normalized spacial score (nSPS) is 11.5. The first-order chi connectivity index (χ1) is 7.85. The van der Waals surface area contributed by atoms with Gasteiger partial charge in [0.1, 0.15) is 5.82 Å². The van der Waals surface area contributed by atoms with Crippen LogP contribution in [0.15, 0.2) is 12.1 Å². The third kappa shape index (κ3) is 3.90. The molecule has 0 aliphatic carbocycles. The minimum absolute atomic E-state index is 0.134. The Bertz CT molecular complexity index is 505. The van der Waals surface area contributed by atoms with Crippen molar-refractivity contribution in [1.82, 2.24) is 5.32 Å². The fourth-order valence-corrected chi connectivity index (χ4v) is 2.14. The summed E-state index contributed by atoms with van der Waals surface area (Å²) in [5, 5.41) is 2.59. The van der Waals surface area contributed by atoms with Crippen LogP contribution < -0.4 is 10.0 Å². The van der Waals surface area contributed by atoms with Gasteiger partial charge in [0, 0.05) is 18.7 Å². The van der Waals surface area contributed by atoms with Crippen molar-refractivity contribution in [2.75, 3.05) is 24.1 Å². The number of sulfonamides is 1. The van der Waals surface area contributed by atoms with E-state index in [-0.39, 0.29) is 12.3 Å². The van der Waals surface area contributed by atoms with Crippen LogP contribution in [-0.2, 0) is 10.0 Å². The molecule has 0 heterocycles. The van der Waals surface area contributed by atoms with Gasteiger partial charge in [-0.1, -0.05) is 0 Å². The van der Waals surface area contributed by atoms with E-state index < -0.39 is 33.2 Å². The molecule has 0 spiro atoms. The Kier molecular flexibility index (Phi) is 4.35. The smallest absolute Gasteiger partial charge is 0.234 e. The predicted octanol–water partition coefficient (Wildman–Crippen LogP) is 1.06. The van der Waals surface area contributed by atoms with E-state index in [4.69, 9.17) is 0 Å². The Morgan fingerprint density at radius 2 is 1.88 bits per heavy atom. The number of halogens is 3.